The van der Waals surface area contributed by atoms with E-state index in [4.69, 9.17) is 4.74 Å². The van der Waals surface area contributed by atoms with Crippen molar-refractivity contribution in [1.29, 1.82) is 0 Å². The number of hydrogen-bond acceptors (Lipinski definition) is 5. The van der Waals surface area contributed by atoms with E-state index in [1.807, 2.05) is 0 Å². The van der Waals surface area contributed by atoms with E-state index in [-0.39, 0.29) is 24.8 Å². The normalized spacial score (nSPS) is 12.4. The number of carbonyl (C=O) groups excluding carboxylic acids is 1. The number of carbonyl (C=O) groups is 1. The molecule has 0 aromatic rings. The van der Waals surface area contributed by atoms with E-state index < -0.39 is 0 Å². The summed E-state index contributed by atoms with van der Waals surface area (Å²) in [6, 6.07) is 0. The topological polar surface area (TPSA) is 70.0 Å². The fourth-order valence-corrected chi connectivity index (χ4v) is 7.12. The van der Waals surface area contributed by atoms with Crippen molar-refractivity contribution < 1.29 is 19.7 Å². The maximum absolute atomic E-state index is 12.7. The van der Waals surface area contributed by atoms with E-state index in [1.165, 1.54) is 141 Å². The van der Waals surface area contributed by atoms with Crippen molar-refractivity contribution in [1.82, 2.24) is 4.90 Å². The molecule has 49 heavy (non-hydrogen) atoms. The molecule has 1 atom stereocenters. The van der Waals surface area contributed by atoms with Crippen LogP contribution in [0.3, 0.4) is 0 Å². The van der Waals surface area contributed by atoms with Crippen molar-refractivity contribution >= 4 is 5.97 Å². The van der Waals surface area contributed by atoms with Gasteiger partial charge < -0.3 is 19.8 Å². The predicted molar refractivity (Wildman–Crippen MR) is 213 cm³/mol. The highest BCUT2D eigenvalue weighted by molar-refractivity contribution is 5.69. The molecule has 0 aromatic carbocycles. The lowest BCUT2D eigenvalue weighted by Gasteiger charge is -2.25. The van der Waals surface area contributed by atoms with Crippen LogP contribution in [0.25, 0.3) is 0 Å². The molecule has 0 fully saturated rings. The van der Waals surface area contributed by atoms with Gasteiger partial charge in [0.1, 0.15) is 6.10 Å². The zero-order valence-corrected chi connectivity index (χ0v) is 33.7. The zero-order valence-electron chi connectivity index (χ0n) is 33.7. The van der Waals surface area contributed by atoms with Crippen LogP contribution in [-0.2, 0) is 9.53 Å². The number of rotatable bonds is 41. The Morgan fingerprint density at radius 1 is 0.490 bits per heavy atom. The smallest absolute Gasteiger partial charge is 0.306 e. The summed E-state index contributed by atoms with van der Waals surface area (Å²) in [5, 5.41) is 20.0. The summed E-state index contributed by atoms with van der Waals surface area (Å²) < 4.78 is 6.04. The maximum Gasteiger partial charge on any atom is 0.306 e. The average Bonchev–Trinajstić information content (AvgIpc) is 3.09. The first kappa shape index (κ1) is 48.3. The van der Waals surface area contributed by atoms with Crippen LogP contribution in [0.1, 0.15) is 239 Å². The molecule has 0 aliphatic heterocycles. The molecule has 0 spiro atoms. The third kappa shape index (κ3) is 36.9. The first-order chi connectivity index (χ1) is 24.1. The summed E-state index contributed by atoms with van der Waals surface area (Å²) in [7, 11) is 0. The minimum Gasteiger partial charge on any atom is -0.462 e. The Kier molecular flexibility index (Phi) is 39.6. The Bertz CT molecular complexity index is 628. The first-order valence-electron chi connectivity index (χ1n) is 22.3. The van der Waals surface area contributed by atoms with Crippen molar-refractivity contribution in [3.63, 3.8) is 0 Å². The number of aliphatic hydroxyl groups excluding tert-OH is 2. The van der Waals surface area contributed by atoms with Gasteiger partial charge in [-0.05, 0) is 77.3 Å². The number of hydrogen-bond donors (Lipinski definition) is 2. The Balaban J connectivity index is 4.26. The molecule has 0 radical (unpaired) electrons. The highest BCUT2D eigenvalue weighted by Gasteiger charge is 2.15. The van der Waals surface area contributed by atoms with Gasteiger partial charge >= 0.3 is 5.97 Å². The van der Waals surface area contributed by atoms with Crippen LogP contribution in [0, 0.1) is 0 Å². The van der Waals surface area contributed by atoms with E-state index in [9.17, 15) is 15.0 Å². The van der Waals surface area contributed by atoms with Gasteiger partial charge in [0.25, 0.3) is 0 Å². The Hall–Kier alpha value is -0.650. The summed E-state index contributed by atoms with van der Waals surface area (Å²) in [5.74, 6) is 0.0208. The van der Waals surface area contributed by atoms with Crippen molar-refractivity contribution in [2.75, 3.05) is 26.2 Å². The summed E-state index contributed by atoms with van der Waals surface area (Å²) in [4.78, 5) is 15.2. The van der Waals surface area contributed by atoms with E-state index in [0.29, 0.717) is 6.42 Å². The SMILES string of the molecule is CCCCCCCCCCCC[C@@H](O)CN(CCCCCO)CCCCCCCC(=O)OC(CCCCCCCC)CCCCCCCC. The molecule has 0 rings (SSSR count). The summed E-state index contributed by atoms with van der Waals surface area (Å²) in [5.41, 5.74) is 0. The Morgan fingerprint density at radius 3 is 1.31 bits per heavy atom. The summed E-state index contributed by atoms with van der Waals surface area (Å²) in [6.45, 7) is 9.91. The van der Waals surface area contributed by atoms with Crippen LogP contribution in [0.2, 0.25) is 0 Å². The van der Waals surface area contributed by atoms with Gasteiger partial charge in [-0.1, -0.05) is 168 Å². The lowest BCUT2D eigenvalue weighted by Crippen LogP contribution is -2.34. The minimum atomic E-state index is -0.233. The molecule has 2 N–H and O–H groups in total. The fraction of sp³-hybridized carbons (Fsp3) is 0.977. The molecular formula is C44H89NO4. The van der Waals surface area contributed by atoms with Crippen molar-refractivity contribution in [3.05, 3.63) is 0 Å². The molecule has 0 heterocycles. The van der Waals surface area contributed by atoms with E-state index in [2.05, 4.69) is 25.7 Å². The van der Waals surface area contributed by atoms with Crippen LogP contribution in [-0.4, -0.2) is 59.5 Å². The molecular weight excluding hydrogens is 606 g/mol. The van der Waals surface area contributed by atoms with Crippen molar-refractivity contribution in [2.24, 2.45) is 0 Å². The van der Waals surface area contributed by atoms with Gasteiger partial charge in [0.2, 0.25) is 0 Å². The van der Waals surface area contributed by atoms with E-state index >= 15 is 0 Å². The van der Waals surface area contributed by atoms with Crippen LogP contribution >= 0.6 is 0 Å². The van der Waals surface area contributed by atoms with Gasteiger partial charge in [-0.2, -0.15) is 0 Å². The van der Waals surface area contributed by atoms with Gasteiger partial charge in [-0.25, -0.2) is 0 Å². The number of esters is 1. The highest BCUT2D eigenvalue weighted by atomic mass is 16.5. The number of aliphatic hydroxyl groups is 2. The molecule has 0 saturated heterocycles. The van der Waals surface area contributed by atoms with Gasteiger partial charge in [0.15, 0.2) is 0 Å². The number of nitrogens with zero attached hydrogens (tertiary/aromatic N) is 1. The lowest BCUT2D eigenvalue weighted by molar-refractivity contribution is -0.150. The van der Waals surface area contributed by atoms with Crippen molar-refractivity contribution in [3.8, 4) is 0 Å². The third-order valence-electron chi connectivity index (χ3n) is 10.4. The Labute approximate surface area is 307 Å². The monoisotopic (exact) mass is 696 g/mol. The molecule has 0 bridgehead atoms. The standard InChI is InChI=1S/C44H89NO4/c1-4-7-10-13-16-17-18-19-21-27-34-42(47)41-45(39-32-26-33-40-46)38-31-25-20-24-30-37-44(48)49-43(35-28-22-14-11-8-5-2)36-29-23-15-12-9-6-3/h42-43,46-47H,4-41H2,1-3H3/t42-/m1/s1. The molecule has 0 amide bonds. The zero-order chi connectivity index (χ0) is 35.9. The minimum absolute atomic E-state index is 0.0208. The van der Waals surface area contributed by atoms with Crippen LogP contribution in [0.5, 0.6) is 0 Å². The molecule has 0 unspecified atom stereocenters. The predicted octanol–water partition coefficient (Wildman–Crippen LogP) is 12.9. The molecule has 0 saturated carbocycles. The largest absolute Gasteiger partial charge is 0.462 e. The second-order valence-corrected chi connectivity index (χ2v) is 15.5. The number of unbranched alkanes of at least 4 members (excludes halogenated alkanes) is 25. The van der Waals surface area contributed by atoms with Gasteiger partial charge in [-0.3, -0.25) is 4.79 Å². The molecule has 0 aliphatic rings. The Morgan fingerprint density at radius 2 is 0.857 bits per heavy atom. The second-order valence-electron chi connectivity index (χ2n) is 15.5. The van der Waals surface area contributed by atoms with Gasteiger partial charge in [0.05, 0.1) is 6.10 Å². The second kappa shape index (κ2) is 40.1. The molecule has 0 aliphatic carbocycles. The van der Waals surface area contributed by atoms with Crippen molar-refractivity contribution in [2.45, 2.75) is 251 Å². The van der Waals surface area contributed by atoms with E-state index in [1.54, 1.807) is 0 Å². The quantitative estimate of drug-likeness (QED) is 0.0492. The van der Waals surface area contributed by atoms with Crippen LogP contribution < -0.4 is 0 Å². The van der Waals surface area contributed by atoms with Crippen LogP contribution in [0.15, 0.2) is 0 Å². The highest BCUT2D eigenvalue weighted by Crippen LogP contribution is 2.19. The maximum atomic E-state index is 12.7. The fourth-order valence-electron chi connectivity index (χ4n) is 7.12. The lowest BCUT2D eigenvalue weighted by atomic mass is 10.0. The van der Waals surface area contributed by atoms with Gasteiger partial charge in [0, 0.05) is 19.6 Å². The first-order valence-corrected chi connectivity index (χ1v) is 22.3. The number of ether oxygens (including phenoxy) is 1. The molecule has 5 heteroatoms. The third-order valence-corrected chi connectivity index (χ3v) is 10.4. The average molecular weight is 696 g/mol. The molecule has 0 aromatic heterocycles. The molecule has 294 valence electrons. The molecule has 5 nitrogen and oxygen atoms in total. The van der Waals surface area contributed by atoms with Gasteiger partial charge in [-0.15, -0.1) is 0 Å². The van der Waals surface area contributed by atoms with Crippen LogP contribution in [0.4, 0.5) is 0 Å². The summed E-state index contributed by atoms with van der Waals surface area (Å²) in [6.07, 6.45) is 40.7. The van der Waals surface area contributed by atoms with E-state index in [0.717, 1.165) is 90.3 Å². The summed E-state index contributed by atoms with van der Waals surface area (Å²) >= 11 is 0.